The topological polar surface area (TPSA) is 262 Å². The molecule has 1 unspecified atom stereocenters. The number of amides is 10. The third kappa shape index (κ3) is 22.7. The number of aliphatic hydroxyl groups is 1. The maximum atomic E-state index is 15.2. The summed E-state index contributed by atoms with van der Waals surface area (Å²) in [4.78, 5) is 155. The predicted molar refractivity (Wildman–Crippen MR) is 333 cm³/mol. The summed E-state index contributed by atoms with van der Waals surface area (Å²) < 4.78 is 0. The molecule has 1 fully saturated rings. The van der Waals surface area contributed by atoms with E-state index in [0.29, 0.717) is 6.42 Å². The van der Waals surface area contributed by atoms with Gasteiger partial charge in [-0.1, -0.05) is 122 Å². The fourth-order valence-electron chi connectivity index (χ4n) is 10.8. The van der Waals surface area contributed by atoms with Crippen molar-refractivity contribution in [2.45, 2.75) is 216 Å². The molecule has 0 radical (unpaired) electrons. The Morgan fingerprint density at radius 2 is 0.953 bits per heavy atom. The van der Waals surface area contributed by atoms with E-state index in [9.17, 15) is 43.5 Å². The molecule has 0 spiro atoms. The van der Waals surface area contributed by atoms with Crippen LogP contribution in [0.4, 0.5) is 0 Å². The molecule has 0 aliphatic carbocycles. The molecule has 85 heavy (non-hydrogen) atoms. The highest BCUT2D eigenvalue weighted by Gasteiger charge is 2.45. The Balaban J connectivity index is 4.29. The minimum atomic E-state index is -1.61. The number of aliphatic hydroxyl groups excluding tert-OH is 1. The highest BCUT2D eigenvalue weighted by Crippen LogP contribution is 2.25. The minimum absolute atomic E-state index is 0.0323. The first-order valence-corrected chi connectivity index (χ1v) is 30.7. The third-order valence-corrected chi connectivity index (χ3v) is 16.2. The number of nitrogens with zero attached hydrogens (tertiary/aromatic N) is 7. The largest absolute Gasteiger partial charge is 0.390 e. The van der Waals surface area contributed by atoms with E-state index in [0.717, 1.165) is 9.80 Å². The summed E-state index contributed by atoms with van der Waals surface area (Å²) in [6.07, 6.45) is 4.81. The van der Waals surface area contributed by atoms with Gasteiger partial charge in [-0.05, 0) is 101 Å². The number of allylic oxidation sites excluding steroid dienone is 3. The molecule has 0 aromatic heterocycles. The van der Waals surface area contributed by atoms with Gasteiger partial charge in [0.1, 0.15) is 48.3 Å². The quantitative estimate of drug-likeness (QED) is 0.138. The maximum Gasteiger partial charge on any atom is 0.246 e. The third-order valence-electron chi connectivity index (χ3n) is 16.2. The highest BCUT2D eigenvalue weighted by molar-refractivity contribution is 5.98. The zero-order valence-electron chi connectivity index (χ0n) is 56.1. The lowest BCUT2D eigenvalue weighted by molar-refractivity contribution is -0.157. The number of rotatable bonds is 16. The van der Waals surface area contributed by atoms with Crippen molar-refractivity contribution in [2.24, 2.45) is 41.4 Å². The van der Waals surface area contributed by atoms with Gasteiger partial charge in [-0.2, -0.15) is 0 Å². The molecule has 1 rings (SSSR count). The minimum Gasteiger partial charge on any atom is -0.390 e. The van der Waals surface area contributed by atoms with Gasteiger partial charge >= 0.3 is 0 Å². The van der Waals surface area contributed by atoms with Crippen LogP contribution in [-0.4, -0.2) is 227 Å². The average Bonchev–Trinajstić information content (AvgIpc) is 3.49. The first kappa shape index (κ1) is 77.1. The van der Waals surface area contributed by atoms with Crippen LogP contribution >= 0.6 is 0 Å². The fourth-order valence-corrected chi connectivity index (χ4v) is 10.8. The SMILES string of the molecule is C=CC=CC[C@@H](C)[C@@H](O)C1C(=O)N[C@@H](CC)C(=O)N(C)CC(=O)N(C)[C@@H](CC(C)C)C(=O)N[C@@H](C(C)C)CN(C)[C@@H](CC(C)C)C(=O)N[C@@H](C)C(=O)N[C@H](C)C(=O)N(C)[C@@H](CC(C)C)C(=O)N(C)[C@@H](CC(C)C)C(=O)N(C)[C@@H](C(C)C)C(=O)N1C. The molecule has 1 saturated heterocycles. The van der Waals surface area contributed by atoms with Crippen LogP contribution < -0.4 is 21.3 Å². The summed E-state index contributed by atoms with van der Waals surface area (Å²) >= 11 is 0. The summed E-state index contributed by atoms with van der Waals surface area (Å²) in [5.74, 6) is -7.73. The smallest absolute Gasteiger partial charge is 0.246 e. The molecular formula is C63H113N11O11. The number of likely N-dealkylation sites (N-methyl/N-ethyl adjacent to an activating group) is 7. The molecule has 1 aliphatic heterocycles. The molecule has 1 aliphatic rings. The Morgan fingerprint density at radius 1 is 0.506 bits per heavy atom. The fraction of sp³-hybridized carbons (Fsp3) is 0.778. The summed E-state index contributed by atoms with van der Waals surface area (Å²) in [5.41, 5.74) is 0. The van der Waals surface area contributed by atoms with Crippen molar-refractivity contribution in [3.05, 3.63) is 24.8 Å². The Kier molecular flexibility index (Phi) is 32.4. The molecule has 5 N–H and O–H groups in total. The highest BCUT2D eigenvalue weighted by atomic mass is 16.3. The van der Waals surface area contributed by atoms with Gasteiger partial charge in [-0.3, -0.25) is 52.8 Å². The first-order chi connectivity index (χ1) is 39.3. The van der Waals surface area contributed by atoms with Crippen LogP contribution in [0.2, 0.25) is 0 Å². The molecule has 0 saturated carbocycles. The molecule has 1 heterocycles. The summed E-state index contributed by atoms with van der Waals surface area (Å²) in [5, 5.41) is 23.6. The van der Waals surface area contributed by atoms with E-state index < -0.39 is 144 Å². The molecule has 0 aromatic rings. The number of carbonyl (C=O) groups excluding carboxylic acids is 10. The number of nitrogens with one attached hydrogen (secondary N) is 4. The van der Waals surface area contributed by atoms with Gasteiger partial charge in [-0.25, -0.2) is 0 Å². The molecule has 22 heteroatoms. The Morgan fingerprint density at radius 3 is 1.42 bits per heavy atom. The Hall–Kier alpha value is -5.90. The average molecular weight is 1200 g/mol. The molecule has 486 valence electrons. The van der Waals surface area contributed by atoms with Crippen LogP contribution in [0.25, 0.3) is 0 Å². The number of hydrogen-bond donors (Lipinski definition) is 5. The zero-order valence-corrected chi connectivity index (χ0v) is 56.1. The second-order valence-corrected chi connectivity index (χ2v) is 26.3. The molecule has 10 amide bonds. The van der Waals surface area contributed by atoms with Gasteiger partial charge in [-0.15, -0.1) is 0 Å². The normalized spacial score (nSPS) is 27.0. The number of hydrogen-bond acceptors (Lipinski definition) is 12. The zero-order chi connectivity index (χ0) is 65.8. The number of carbonyl (C=O) groups is 10. The van der Waals surface area contributed by atoms with Crippen molar-refractivity contribution >= 4 is 59.1 Å². The second kappa shape index (κ2) is 35.7. The Labute approximate surface area is 510 Å². The maximum absolute atomic E-state index is 15.2. The monoisotopic (exact) mass is 1200 g/mol. The van der Waals surface area contributed by atoms with Crippen LogP contribution in [-0.2, 0) is 47.9 Å². The van der Waals surface area contributed by atoms with Crippen molar-refractivity contribution in [1.29, 1.82) is 0 Å². The van der Waals surface area contributed by atoms with E-state index in [-0.39, 0.29) is 68.2 Å². The molecule has 0 bridgehead atoms. The Bertz CT molecular complexity index is 2290. The van der Waals surface area contributed by atoms with E-state index >= 15 is 9.59 Å². The predicted octanol–water partition coefficient (Wildman–Crippen LogP) is 3.91. The molecule has 12 atom stereocenters. The van der Waals surface area contributed by atoms with E-state index in [1.165, 1.54) is 75.7 Å². The van der Waals surface area contributed by atoms with Crippen molar-refractivity contribution in [1.82, 2.24) is 55.6 Å². The van der Waals surface area contributed by atoms with Gasteiger partial charge in [0.05, 0.1) is 18.7 Å². The van der Waals surface area contributed by atoms with Gasteiger partial charge in [0, 0.05) is 54.9 Å². The van der Waals surface area contributed by atoms with Crippen LogP contribution in [0.15, 0.2) is 24.8 Å². The van der Waals surface area contributed by atoms with Crippen LogP contribution in [0.3, 0.4) is 0 Å². The van der Waals surface area contributed by atoms with E-state index in [1.54, 1.807) is 53.0 Å². The summed E-state index contributed by atoms with van der Waals surface area (Å²) in [7, 11) is 10.4. The first-order valence-electron chi connectivity index (χ1n) is 30.7. The summed E-state index contributed by atoms with van der Waals surface area (Å²) in [6.45, 7) is 32.5. The molecule has 0 aromatic carbocycles. The van der Waals surface area contributed by atoms with Crippen LogP contribution in [0.1, 0.15) is 149 Å². The molecular weight excluding hydrogens is 1090 g/mol. The van der Waals surface area contributed by atoms with Crippen molar-refractivity contribution in [2.75, 3.05) is 62.4 Å². The lowest BCUT2D eigenvalue weighted by Gasteiger charge is -2.41. The van der Waals surface area contributed by atoms with Gasteiger partial charge < -0.3 is 55.8 Å². The van der Waals surface area contributed by atoms with E-state index in [2.05, 4.69) is 27.8 Å². The molecule has 22 nitrogen and oxygen atoms in total. The van der Waals surface area contributed by atoms with Gasteiger partial charge in [0.25, 0.3) is 0 Å². The lowest BCUT2D eigenvalue weighted by Crippen LogP contribution is -2.63. The van der Waals surface area contributed by atoms with E-state index in [1.807, 2.05) is 74.1 Å². The van der Waals surface area contributed by atoms with E-state index in [4.69, 9.17) is 0 Å². The van der Waals surface area contributed by atoms with Crippen molar-refractivity contribution in [3.8, 4) is 0 Å². The van der Waals surface area contributed by atoms with Gasteiger partial charge in [0.15, 0.2) is 0 Å². The van der Waals surface area contributed by atoms with Crippen molar-refractivity contribution < 1.29 is 53.1 Å². The standard InChI is InChI=1S/C63H113N11O11/c1-25-27-28-29-42(15)54(76)53-58(80)66-45(26-2)60(82)69(19)35-51(75)70(20)48(31-37(5)6)57(79)67-46(40(11)12)34-68(18)47(30-36(3)4)56(78)64-43(16)55(77)65-44(17)59(81)71(21)49(32-38(7)8)61(83)72(22)50(33-39(9)10)62(84)73(23)52(41(13)14)63(85)74(53)24/h25,27-28,36-50,52-54,76H,1,26,29-35H2,2-24H3,(H,64,78)(H,65,77)(H,66,80)(H,67,79)/t42-,43+,44-,45+,46-,47+,48+,49+,50+,52+,53?,54-/m1/s1. The second-order valence-electron chi connectivity index (χ2n) is 26.3. The van der Waals surface area contributed by atoms with Crippen LogP contribution in [0, 0.1) is 41.4 Å². The van der Waals surface area contributed by atoms with Gasteiger partial charge in [0.2, 0.25) is 59.1 Å². The van der Waals surface area contributed by atoms with Crippen molar-refractivity contribution in [3.63, 3.8) is 0 Å². The lowest BCUT2D eigenvalue weighted by atomic mass is 9.91. The van der Waals surface area contributed by atoms with Crippen LogP contribution in [0.5, 0.6) is 0 Å². The summed E-state index contributed by atoms with van der Waals surface area (Å²) in [6, 6.07) is -10.9.